The standard InChI is InChI=1S/C17H30N6O6/c18-6-2-1-4-10(19)17(29)23-7-3-5-12(23)16(28)22-11(8-13(20)24)15(27)21-9-14(25)26/h10-12H,1-9,18-19H2,(H2,20,24)(H,21,27)(H,22,28)(H,25,26). The highest BCUT2D eigenvalue weighted by molar-refractivity contribution is 5.95. The topological polar surface area (TPSA) is 211 Å². The number of rotatable bonds is 12. The Morgan fingerprint density at radius 3 is 2.45 bits per heavy atom. The van der Waals surface area contributed by atoms with E-state index in [0.29, 0.717) is 38.8 Å². The minimum Gasteiger partial charge on any atom is -0.480 e. The normalized spacial score (nSPS) is 18.0. The van der Waals surface area contributed by atoms with Crippen LogP contribution >= 0.6 is 0 Å². The first kappa shape index (κ1) is 24.3. The summed E-state index contributed by atoms with van der Waals surface area (Å²) < 4.78 is 0. The van der Waals surface area contributed by atoms with Gasteiger partial charge in [-0.1, -0.05) is 6.42 Å². The molecule has 0 aromatic heterocycles. The zero-order valence-corrected chi connectivity index (χ0v) is 16.3. The average Bonchev–Trinajstić information content (AvgIpc) is 3.14. The molecule has 29 heavy (non-hydrogen) atoms. The predicted molar refractivity (Wildman–Crippen MR) is 102 cm³/mol. The summed E-state index contributed by atoms with van der Waals surface area (Å²) in [7, 11) is 0. The van der Waals surface area contributed by atoms with E-state index in [-0.39, 0.29) is 5.91 Å². The molecule has 3 atom stereocenters. The van der Waals surface area contributed by atoms with Crippen LogP contribution in [-0.2, 0) is 24.0 Å². The molecule has 0 saturated carbocycles. The second-order valence-electron chi connectivity index (χ2n) is 6.92. The molecule has 1 saturated heterocycles. The fourth-order valence-electron chi connectivity index (χ4n) is 3.11. The van der Waals surface area contributed by atoms with Crippen LogP contribution in [0, 0.1) is 0 Å². The molecule has 1 aliphatic rings. The molecule has 0 aliphatic carbocycles. The number of primary amides is 1. The minimum absolute atomic E-state index is 0.354. The first-order valence-corrected chi connectivity index (χ1v) is 9.51. The monoisotopic (exact) mass is 414 g/mol. The minimum atomic E-state index is -1.34. The molecule has 1 heterocycles. The third-order valence-electron chi connectivity index (χ3n) is 4.58. The first-order valence-electron chi connectivity index (χ1n) is 9.51. The fraction of sp³-hybridized carbons (Fsp3) is 0.706. The Kier molecular flexibility index (Phi) is 10.0. The van der Waals surface area contributed by atoms with Crippen molar-refractivity contribution >= 4 is 29.6 Å². The van der Waals surface area contributed by atoms with Gasteiger partial charge in [-0.2, -0.15) is 0 Å². The van der Waals surface area contributed by atoms with Gasteiger partial charge in [0.05, 0.1) is 12.5 Å². The van der Waals surface area contributed by atoms with Gasteiger partial charge in [-0.15, -0.1) is 0 Å². The largest absolute Gasteiger partial charge is 0.480 e. The number of unbranched alkanes of at least 4 members (excludes halogenated alkanes) is 1. The first-order chi connectivity index (χ1) is 13.7. The molecule has 0 spiro atoms. The number of carboxylic acids is 1. The summed E-state index contributed by atoms with van der Waals surface area (Å²) in [5.74, 6) is -3.96. The van der Waals surface area contributed by atoms with Crippen LogP contribution in [0.4, 0.5) is 0 Å². The van der Waals surface area contributed by atoms with Crippen molar-refractivity contribution in [2.45, 2.75) is 56.7 Å². The van der Waals surface area contributed by atoms with Crippen LogP contribution in [0.1, 0.15) is 38.5 Å². The van der Waals surface area contributed by atoms with Crippen molar-refractivity contribution in [2.24, 2.45) is 17.2 Å². The molecule has 0 bridgehead atoms. The van der Waals surface area contributed by atoms with Gasteiger partial charge in [-0.3, -0.25) is 24.0 Å². The molecule has 0 radical (unpaired) electrons. The molecule has 12 heteroatoms. The maximum atomic E-state index is 12.7. The number of nitrogens with zero attached hydrogens (tertiary/aromatic N) is 1. The highest BCUT2D eigenvalue weighted by Gasteiger charge is 2.37. The summed E-state index contributed by atoms with van der Waals surface area (Å²) >= 11 is 0. The Bertz CT molecular complexity index is 628. The van der Waals surface area contributed by atoms with Gasteiger partial charge in [0.15, 0.2) is 0 Å². The van der Waals surface area contributed by atoms with Crippen molar-refractivity contribution in [1.29, 1.82) is 0 Å². The Hall–Kier alpha value is -2.73. The molecule has 3 unspecified atom stereocenters. The summed E-state index contributed by atoms with van der Waals surface area (Å²) in [5, 5.41) is 13.1. The number of amides is 4. The van der Waals surface area contributed by atoms with Crippen molar-refractivity contribution < 1.29 is 29.1 Å². The Labute approximate surface area is 168 Å². The van der Waals surface area contributed by atoms with Crippen molar-refractivity contribution in [3.05, 3.63) is 0 Å². The number of nitrogens with one attached hydrogen (secondary N) is 2. The van der Waals surface area contributed by atoms with E-state index in [9.17, 15) is 24.0 Å². The lowest BCUT2D eigenvalue weighted by Gasteiger charge is -2.28. The molecule has 0 aromatic rings. The number of aliphatic carboxylic acids is 1. The van der Waals surface area contributed by atoms with Crippen LogP contribution in [0.5, 0.6) is 0 Å². The van der Waals surface area contributed by atoms with E-state index in [1.165, 1.54) is 4.90 Å². The van der Waals surface area contributed by atoms with Gasteiger partial charge >= 0.3 is 5.97 Å². The molecule has 164 valence electrons. The Balaban J connectivity index is 2.76. The third-order valence-corrected chi connectivity index (χ3v) is 4.58. The number of hydrogen-bond acceptors (Lipinski definition) is 7. The highest BCUT2D eigenvalue weighted by Crippen LogP contribution is 2.19. The molecule has 9 N–H and O–H groups in total. The smallest absolute Gasteiger partial charge is 0.322 e. The van der Waals surface area contributed by atoms with E-state index >= 15 is 0 Å². The van der Waals surface area contributed by atoms with Gasteiger partial charge in [0.2, 0.25) is 23.6 Å². The second kappa shape index (κ2) is 12.0. The van der Waals surface area contributed by atoms with Crippen LogP contribution in [0.2, 0.25) is 0 Å². The van der Waals surface area contributed by atoms with Crippen LogP contribution in [-0.4, -0.2) is 77.4 Å². The summed E-state index contributed by atoms with van der Waals surface area (Å²) in [6.45, 7) is 0.184. The van der Waals surface area contributed by atoms with Crippen LogP contribution in [0.3, 0.4) is 0 Å². The molecule has 1 aliphatic heterocycles. The van der Waals surface area contributed by atoms with Crippen molar-refractivity contribution in [1.82, 2.24) is 15.5 Å². The lowest BCUT2D eigenvalue weighted by Crippen LogP contribution is -2.56. The number of likely N-dealkylation sites (tertiary alicyclic amines) is 1. The molecule has 0 aromatic carbocycles. The Morgan fingerprint density at radius 1 is 1.17 bits per heavy atom. The Morgan fingerprint density at radius 2 is 1.86 bits per heavy atom. The molecule has 1 rings (SSSR count). The molecular weight excluding hydrogens is 384 g/mol. The number of carbonyl (C=O) groups excluding carboxylic acids is 4. The SMILES string of the molecule is NCCCCC(N)C(=O)N1CCCC1C(=O)NC(CC(N)=O)C(=O)NCC(=O)O. The average molecular weight is 414 g/mol. The van der Waals surface area contributed by atoms with E-state index in [0.717, 1.165) is 6.42 Å². The van der Waals surface area contributed by atoms with Crippen LogP contribution in [0.15, 0.2) is 0 Å². The molecule has 12 nitrogen and oxygen atoms in total. The van der Waals surface area contributed by atoms with Gasteiger partial charge < -0.3 is 37.8 Å². The number of carboxylic acid groups (broad SMARTS) is 1. The zero-order valence-electron chi connectivity index (χ0n) is 16.3. The number of nitrogens with two attached hydrogens (primary N) is 3. The fourth-order valence-corrected chi connectivity index (χ4v) is 3.11. The van der Waals surface area contributed by atoms with Gasteiger partial charge in [0.25, 0.3) is 0 Å². The molecular formula is C17H30N6O6. The van der Waals surface area contributed by atoms with Crippen molar-refractivity contribution in [3.8, 4) is 0 Å². The van der Waals surface area contributed by atoms with Gasteiger partial charge in [-0.05, 0) is 32.2 Å². The number of carbonyl (C=O) groups is 5. The lowest BCUT2D eigenvalue weighted by atomic mass is 10.1. The quantitative estimate of drug-likeness (QED) is 0.181. The predicted octanol–water partition coefficient (Wildman–Crippen LogP) is -3.01. The number of hydrogen-bond donors (Lipinski definition) is 6. The summed E-state index contributed by atoms with van der Waals surface area (Å²) in [6, 6.07) is -2.92. The van der Waals surface area contributed by atoms with E-state index in [1.807, 2.05) is 0 Å². The van der Waals surface area contributed by atoms with Crippen molar-refractivity contribution in [2.75, 3.05) is 19.6 Å². The second-order valence-corrected chi connectivity index (χ2v) is 6.92. The maximum absolute atomic E-state index is 12.7. The van der Waals surface area contributed by atoms with Crippen LogP contribution in [0.25, 0.3) is 0 Å². The van der Waals surface area contributed by atoms with E-state index in [1.54, 1.807) is 0 Å². The van der Waals surface area contributed by atoms with Gasteiger partial charge in [0.1, 0.15) is 18.6 Å². The van der Waals surface area contributed by atoms with Gasteiger partial charge in [0, 0.05) is 6.54 Å². The van der Waals surface area contributed by atoms with E-state index in [4.69, 9.17) is 22.3 Å². The highest BCUT2D eigenvalue weighted by atomic mass is 16.4. The maximum Gasteiger partial charge on any atom is 0.322 e. The van der Waals surface area contributed by atoms with Crippen molar-refractivity contribution in [3.63, 3.8) is 0 Å². The van der Waals surface area contributed by atoms with E-state index in [2.05, 4.69) is 10.6 Å². The third kappa shape index (κ3) is 8.03. The van der Waals surface area contributed by atoms with Crippen LogP contribution < -0.4 is 27.8 Å². The summed E-state index contributed by atoms with van der Waals surface area (Å²) in [4.78, 5) is 60.6. The summed E-state index contributed by atoms with van der Waals surface area (Å²) in [5.41, 5.74) is 16.5. The van der Waals surface area contributed by atoms with Gasteiger partial charge in [-0.25, -0.2) is 0 Å². The lowest BCUT2D eigenvalue weighted by molar-refractivity contribution is -0.141. The van der Waals surface area contributed by atoms with E-state index < -0.39 is 54.8 Å². The molecule has 1 fully saturated rings. The zero-order chi connectivity index (χ0) is 22.0. The molecule has 4 amide bonds. The summed E-state index contributed by atoms with van der Waals surface area (Å²) in [6.07, 6.45) is 2.35.